The molecule has 0 spiro atoms. The Kier molecular flexibility index (Phi) is 16.6. The highest BCUT2D eigenvalue weighted by atomic mass is 14.3. The van der Waals surface area contributed by atoms with E-state index in [1.807, 2.05) is 0 Å². The predicted octanol–water partition coefficient (Wildman–Crippen LogP) is 12.8. The summed E-state index contributed by atoms with van der Waals surface area (Å²) in [5, 5.41) is 0. The molecule has 216 valence electrons. The van der Waals surface area contributed by atoms with Gasteiger partial charge in [-0.1, -0.05) is 150 Å². The van der Waals surface area contributed by atoms with Gasteiger partial charge in [-0.2, -0.15) is 0 Å². The SMILES string of the molecule is CC(C)=CCC\C(C)=C/C=C/C(C)=C\C=C\C(C)=C/C=C/C=C(C)\C=C\C=C(C)/C=C/C1=C(C)CCCC1(C)C. The van der Waals surface area contributed by atoms with Gasteiger partial charge >= 0.3 is 0 Å². The second kappa shape index (κ2) is 19.0. The van der Waals surface area contributed by atoms with E-state index in [0.717, 1.165) is 12.8 Å². The van der Waals surface area contributed by atoms with Crippen molar-refractivity contribution in [1.29, 1.82) is 0 Å². The van der Waals surface area contributed by atoms with Crippen molar-refractivity contribution in [3.63, 3.8) is 0 Å². The van der Waals surface area contributed by atoms with E-state index in [4.69, 9.17) is 0 Å². The van der Waals surface area contributed by atoms with Gasteiger partial charge in [-0.3, -0.25) is 0 Å². The maximum Gasteiger partial charge on any atom is -0.0104 e. The topological polar surface area (TPSA) is 0 Å². The lowest BCUT2D eigenvalue weighted by Crippen LogP contribution is -2.19. The summed E-state index contributed by atoms with van der Waals surface area (Å²) in [4.78, 5) is 0. The predicted molar refractivity (Wildman–Crippen MR) is 183 cm³/mol. The monoisotopic (exact) mass is 536 g/mol. The second-order valence-corrected chi connectivity index (χ2v) is 12.2. The maximum absolute atomic E-state index is 2.37. The Hall–Kier alpha value is -3.12. The summed E-state index contributed by atoms with van der Waals surface area (Å²) in [5.74, 6) is 0. The van der Waals surface area contributed by atoms with Crippen molar-refractivity contribution in [3.05, 3.63) is 142 Å². The largest absolute Gasteiger partial charge is 0.0856 e. The first-order chi connectivity index (χ1) is 18.9. The van der Waals surface area contributed by atoms with Gasteiger partial charge in [-0.15, -0.1) is 0 Å². The lowest BCUT2D eigenvalue weighted by Gasteiger charge is -2.32. The third-order valence-corrected chi connectivity index (χ3v) is 7.15. The van der Waals surface area contributed by atoms with Gasteiger partial charge in [0.25, 0.3) is 0 Å². The van der Waals surface area contributed by atoms with Crippen LogP contribution in [-0.4, -0.2) is 0 Å². The third-order valence-electron chi connectivity index (χ3n) is 7.15. The van der Waals surface area contributed by atoms with Crippen molar-refractivity contribution < 1.29 is 0 Å². The minimum atomic E-state index is 0.290. The first kappa shape index (κ1) is 34.9. The zero-order valence-electron chi connectivity index (χ0n) is 27.3. The molecule has 0 aliphatic heterocycles. The van der Waals surface area contributed by atoms with E-state index in [2.05, 4.69) is 166 Å². The van der Waals surface area contributed by atoms with Crippen LogP contribution < -0.4 is 0 Å². The van der Waals surface area contributed by atoms with Crippen molar-refractivity contribution in [2.24, 2.45) is 5.41 Å². The van der Waals surface area contributed by atoms with Crippen LogP contribution in [0.2, 0.25) is 0 Å². The molecule has 0 atom stereocenters. The molecule has 40 heavy (non-hydrogen) atoms. The fourth-order valence-corrected chi connectivity index (χ4v) is 4.60. The summed E-state index contributed by atoms with van der Waals surface area (Å²) >= 11 is 0. The van der Waals surface area contributed by atoms with Crippen LogP contribution in [0.5, 0.6) is 0 Å². The highest BCUT2D eigenvalue weighted by Crippen LogP contribution is 2.40. The van der Waals surface area contributed by atoms with Crippen LogP contribution >= 0.6 is 0 Å². The number of rotatable bonds is 13. The van der Waals surface area contributed by atoms with Gasteiger partial charge < -0.3 is 0 Å². The molecule has 0 saturated carbocycles. The van der Waals surface area contributed by atoms with Crippen molar-refractivity contribution in [3.8, 4) is 0 Å². The summed E-state index contributed by atoms with van der Waals surface area (Å²) in [7, 11) is 0. The highest BCUT2D eigenvalue weighted by Gasteiger charge is 2.26. The molecule has 0 aromatic heterocycles. The van der Waals surface area contributed by atoms with E-state index in [1.165, 1.54) is 58.3 Å². The fraction of sp³-hybridized carbons (Fsp3) is 0.400. The van der Waals surface area contributed by atoms with E-state index < -0.39 is 0 Å². The zero-order chi connectivity index (χ0) is 30.0. The lowest BCUT2D eigenvalue weighted by molar-refractivity contribution is 0.377. The van der Waals surface area contributed by atoms with E-state index >= 15 is 0 Å². The van der Waals surface area contributed by atoms with Crippen LogP contribution in [0.1, 0.15) is 101 Å². The Morgan fingerprint density at radius 3 is 1.62 bits per heavy atom. The molecule has 1 aliphatic rings. The molecule has 0 saturated heterocycles. The van der Waals surface area contributed by atoms with E-state index in [9.17, 15) is 0 Å². The summed E-state index contributed by atoms with van der Waals surface area (Å²) in [6.07, 6.45) is 40.9. The van der Waals surface area contributed by atoms with Crippen LogP contribution in [0.3, 0.4) is 0 Å². The first-order valence-electron chi connectivity index (χ1n) is 15.0. The van der Waals surface area contributed by atoms with Crippen LogP contribution in [0, 0.1) is 5.41 Å². The van der Waals surface area contributed by atoms with E-state index in [-0.39, 0.29) is 5.41 Å². The van der Waals surface area contributed by atoms with Gasteiger partial charge in [0.1, 0.15) is 0 Å². The van der Waals surface area contributed by atoms with Crippen molar-refractivity contribution in [1.82, 2.24) is 0 Å². The Bertz CT molecular complexity index is 1180. The Labute approximate surface area is 248 Å². The quantitative estimate of drug-likeness (QED) is 0.162. The summed E-state index contributed by atoms with van der Waals surface area (Å²) in [6, 6.07) is 0. The molecule has 0 N–H and O–H groups in total. The molecule has 0 heteroatoms. The van der Waals surface area contributed by atoms with Crippen molar-refractivity contribution in [2.45, 2.75) is 101 Å². The number of hydrogen-bond donors (Lipinski definition) is 0. The molecule has 0 amide bonds. The summed E-state index contributed by atoms with van der Waals surface area (Å²) in [6.45, 7) is 22.1. The minimum absolute atomic E-state index is 0.290. The molecule has 0 unspecified atom stereocenters. The summed E-state index contributed by atoms with van der Waals surface area (Å²) < 4.78 is 0. The third kappa shape index (κ3) is 16.1. The standard InChI is InChI=1S/C40H56/c1-32(2)18-13-21-35(5)24-15-26-36(6)25-14-22-33(3)19-11-12-20-34(4)23-16-27-37(7)29-30-39-38(8)28-17-31-40(39,9)10/h11-12,14-16,18-20,22-27,29-30H,13,17,21,28,31H2,1-10H3/b12-11+,22-14+,23-16+,26-15+,30-29+,33-19-,34-20-,35-24-,36-25-,37-27-. The number of allylic oxidation sites excluding steroid dienone is 24. The molecular weight excluding hydrogens is 480 g/mol. The molecule has 0 heterocycles. The molecule has 0 nitrogen and oxygen atoms in total. The Balaban J connectivity index is 2.58. The van der Waals surface area contributed by atoms with Crippen LogP contribution in [0.25, 0.3) is 0 Å². The van der Waals surface area contributed by atoms with Gasteiger partial charge in [0.05, 0.1) is 0 Å². The smallest absolute Gasteiger partial charge is 0.0104 e. The van der Waals surface area contributed by atoms with E-state index in [0.29, 0.717) is 0 Å². The highest BCUT2D eigenvalue weighted by molar-refractivity contribution is 5.37. The average Bonchev–Trinajstić information content (AvgIpc) is 2.85. The van der Waals surface area contributed by atoms with Crippen LogP contribution in [0.4, 0.5) is 0 Å². The Morgan fingerprint density at radius 2 is 1.12 bits per heavy atom. The number of hydrogen-bond acceptors (Lipinski definition) is 0. The molecule has 1 aliphatic carbocycles. The molecule has 0 radical (unpaired) electrons. The average molecular weight is 537 g/mol. The lowest BCUT2D eigenvalue weighted by atomic mass is 9.72. The van der Waals surface area contributed by atoms with Gasteiger partial charge in [-0.05, 0) is 98.5 Å². The molecule has 0 aromatic rings. The normalized spacial score (nSPS) is 18.5. The molecule has 0 bridgehead atoms. The van der Waals surface area contributed by atoms with Gasteiger partial charge in [0, 0.05) is 0 Å². The van der Waals surface area contributed by atoms with E-state index in [1.54, 1.807) is 5.57 Å². The van der Waals surface area contributed by atoms with Crippen LogP contribution in [0.15, 0.2) is 142 Å². The fourth-order valence-electron chi connectivity index (χ4n) is 4.60. The first-order valence-corrected chi connectivity index (χ1v) is 15.0. The molecule has 0 fully saturated rings. The van der Waals surface area contributed by atoms with Crippen LogP contribution in [-0.2, 0) is 0 Å². The Morgan fingerprint density at radius 1 is 0.650 bits per heavy atom. The molecular formula is C40H56. The molecule has 1 rings (SSSR count). The van der Waals surface area contributed by atoms with Crippen molar-refractivity contribution >= 4 is 0 Å². The summed E-state index contributed by atoms with van der Waals surface area (Å²) in [5.41, 5.74) is 11.1. The van der Waals surface area contributed by atoms with Gasteiger partial charge in [0.2, 0.25) is 0 Å². The van der Waals surface area contributed by atoms with Crippen molar-refractivity contribution in [2.75, 3.05) is 0 Å². The minimum Gasteiger partial charge on any atom is -0.0856 e. The zero-order valence-corrected chi connectivity index (χ0v) is 27.3. The molecule has 0 aromatic carbocycles. The maximum atomic E-state index is 2.37. The van der Waals surface area contributed by atoms with Gasteiger partial charge in [-0.25, -0.2) is 0 Å². The second-order valence-electron chi connectivity index (χ2n) is 12.2. The van der Waals surface area contributed by atoms with Gasteiger partial charge in [0.15, 0.2) is 0 Å².